The smallest absolute Gasteiger partial charge is 0.322 e. The summed E-state index contributed by atoms with van der Waals surface area (Å²) in [4.78, 5) is 16.5. The highest BCUT2D eigenvalue weighted by molar-refractivity contribution is 7.80. The van der Waals surface area contributed by atoms with Crippen LogP contribution in [0.2, 0.25) is 0 Å². The minimum Gasteiger partial charge on any atom is -0.366 e. The van der Waals surface area contributed by atoms with Crippen LogP contribution < -0.4 is 5.73 Å². The molecule has 0 spiro atoms. The number of amides is 1. The molecule has 1 heterocycles. The zero-order valence-corrected chi connectivity index (χ0v) is 18.9. The molecule has 1 amide bonds. The Bertz CT molecular complexity index is 1020. The Labute approximate surface area is 190 Å². The van der Waals surface area contributed by atoms with Gasteiger partial charge in [0.1, 0.15) is 0 Å². The molecule has 5 heteroatoms. The Morgan fingerprint density at radius 3 is 2.23 bits per heavy atom. The monoisotopic (exact) mass is 434 g/mol. The Morgan fingerprint density at radius 2 is 1.55 bits per heavy atom. The van der Waals surface area contributed by atoms with Gasteiger partial charge < -0.3 is 10.6 Å². The van der Waals surface area contributed by atoms with Crippen LogP contribution in [0.3, 0.4) is 0 Å². The van der Waals surface area contributed by atoms with E-state index in [9.17, 15) is 4.79 Å². The second-order valence-electron chi connectivity index (χ2n) is 7.70. The lowest BCUT2D eigenvalue weighted by Crippen LogP contribution is -2.11. The number of hydrogen-bond donors (Lipinski definition) is 1. The number of nitrogens with zero attached hydrogens (tertiary/aromatic N) is 1. The second-order valence-corrected chi connectivity index (χ2v) is 8.05. The fraction of sp³-hybridized carbons (Fsp3) is 0.308. The first-order chi connectivity index (χ1) is 15.1. The third-order valence-corrected chi connectivity index (χ3v) is 5.59. The topological polar surface area (TPSA) is 58.6 Å². The summed E-state index contributed by atoms with van der Waals surface area (Å²) in [6.45, 7) is 3.23. The number of carbonyl (C=O) groups excluding carboxylic acids is 1. The van der Waals surface area contributed by atoms with Gasteiger partial charge in [0.25, 0.3) is 0 Å². The van der Waals surface area contributed by atoms with Gasteiger partial charge in [-0.15, -0.1) is 0 Å². The van der Waals surface area contributed by atoms with Crippen molar-refractivity contribution in [3.63, 3.8) is 0 Å². The number of benzene rings is 3. The fourth-order valence-corrected chi connectivity index (χ4v) is 3.74. The van der Waals surface area contributed by atoms with Gasteiger partial charge >= 0.3 is 5.17 Å². The maximum atomic E-state index is 11.6. The number of primary amides is 1. The van der Waals surface area contributed by atoms with E-state index in [4.69, 9.17) is 22.8 Å². The minimum absolute atomic E-state index is 0.394. The highest BCUT2D eigenvalue weighted by atomic mass is 32.1. The molecule has 2 N–H and O–H groups in total. The SMILES string of the molecule is CCCCCCCCN1OC1=S.NC(=O)c1cc(-c2ccccc2)cc2ccccc12. The summed E-state index contributed by atoms with van der Waals surface area (Å²) in [5.41, 5.74) is 8.14. The van der Waals surface area contributed by atoms with Crippen molar-refractivity contribution < 1.29 is 9.63 Å². The maximum Gasteiger partial charge on any atom is 0.322 e. The number of thiocarbonyl (C=S) groups is 1. The van der Waals surface area contributed by atoms with Gasteiger partial charge in [-0.1, -0.05) is 93.6 Å². The number of hydrogen-bond acceptors (Lipinski definition) is 3. The first-order valence-electron chi connectivity index (χ1n) is 11.0. The van der Waals surface area contributed by atoms with Crippen LogP contribution in [-0.2, 0) is 4.84 Å². The lowest BCUT2D eigenvalue weighted by atomic mass is 9.96. The zero-order valence-electron chi connectivity index (χ0n) is 18.0. The van der Waals surface area contributed by atoms with Crippen LogP contribution in [0, 0.1) is 0 Å². The number of carbonyl (C=O) groups is 1. The Balaban J connectivity index is 0.000000196. The summed E-state index contributed by atoms with van der Waals surface area (Å²) in [6.07, 6.45) is 7.94. The van der Waals surface area contributed by atoms with Crippen LogP contribution in [0.25, 0.3) is 21.9 Å². The van der Waals surface area contributed by atoms with Gasteiger partial charge in [0.05, 0.1) is 6.54 Å². The van der Waals surface area contributed by atoms with E-state index in [2.05, 4.69) is 13.0 Å². The Morgan fingerprint density at radius 1 is 0.903 bits per heavy atom. The van der Waals surface area contributed by atoms with Crippen molar-refractivity contribution in [2.75, 3.05) is 6.54 Å². The van der Waals surface area contributed by atoms with Crippen molar-refractivity contribution in [2.24, 2.45) is 5.73 Å². The van der Waals surface area contributed by atoms with Gasteiger partial charge in [0.15, 0.2) is 0 Å². The molecule has 1 aliphatic heterocycles. The summed E-state index contributed by atoms with van der Waals surface area (Å²) >= 11 is 4.79. The summed E-state index contributed by atoms with van der Waals surface area (Å²) < 4.78 is 0. The number of rotatable bonds is 9. The van der Waals surface area contributed by atoms with E-state index in [1.807, 2.05) is 60.7 Å². The number of nitrogens with two attached hydrogens (primary N) is 1. The van der Waals surface area contributed by atoms with Gasteiger partial charge in [-0.25, -0.2) is 0 Å². The summed E-state index contributed by atoms with van der Waals surface area (Å²) in [7, 11) is 0. The third kappa shape index (κ3) is 6.79. The molecule has 4 rings (SSSR count). The molecular weight excluding hydrogens is 404 g/mol. The van der Waals surface area contributed by atoms with Crippen LogP contribution in [0.4, 0.5) is 0 Å². The Hall–Kier alpha value is -2.92. The van der Waals surface area contributed by atoms with Crippen LogP contribution in [0.15, 0.2) is 66.7 Å². The van der Waals surface area contributed by atoms with Gasteiger partial charge in [-0.3, -0.25) is 4.79 Å². The molecule has 0 aliphatic carbocycles. The second kappa shape index (κ2) is 11.5. The molecule has 1 fully saturated rings. The molecule has 3 aromatic carbocycles. The lowest BCUT2D eigenvalue weighted by molar-refractivity contribution is 0.100. The average Bonchev–Trinajstić information content (AvgIpc) is 3.51. The molecule has 0 unspecified atom stereocenters. The van der Waals surface area contributed by atoms with E-state index in [1.54, 1.807) is 5.06 Å². The van der Waals surface area contributed by atoms with Gasteiger partial charge in [0, 0.05) is 5.56 Å². The van der Waals surface area contributed by atoms with Gasteiger partial charge in [-0.05, 0) is 52.7 Å². The average molecular weight is 435 g/mol. The molecule has 1 aliphatic rings. The van der Waals surface area contributed by atoms with Crippen molar-refractivity contribution in [3.05, 3.63) is 72.3 Å². The minimum atomic E-state index is -0.394. The highest BCUT2D eigenvalue weighted by Gasteiger charge is 2.27. The maximum absolute atomic E-state index is 11.6. The molecule has 0 saturated carbocycles. The van der Waals surface area contributed by atoms with Crippen molar-refractivity contribution in [1.29, 1.82) is 0 Å². The van der Waals surface area contributed by atoms with Crippen LogP contribution in [0.5, 0.6) is 0 Å². The van der Waals surface area contributed by atoms with Crippen LogP contribution >= 0.6 is 12.2 Å². The third-order valence-electron chi connectivity index (χ3n) is 5.31. The predicted octanol–water partition coefficient (Wildman–Crippen LogP) is 6.48. The molecule has 1 saturated heterocycles. The molecule has 0 atom stereocenters. The molecule has 0 aromatic heterocycles. The standard InChI is InChI=1S/C17H13NO.C9H17NOS/c18-17(19)16-11-14(12-6-2-1-3-7-12)10-13-8-4-5-9-15(13)16;1-2-3-4-5-6-7-8-10-9(12)11-10/h1-11H,(H2,18,19);2-8H2,1H3. The highest BCUT2D eigenvalue weighted by Crippen LogP contribution is 2.27. The molecule has 0 bridgehead atoms. The molecule has 4 nitrogen and oxygen atoms in total. The number of unbranched alkanes of at least 4 members (excludes halogenated alkanes) is 5. The summed E-state index contributed by atoms with van der Waals surface area (Å²) in [6, 6.07) is 21.7. The van der Waals surface area contributed by atoms with E-state index in [1.165, 1.54) is 38.5 Å². The lowest BCUT2D eigenvalue weighted by Gasteiger charge is -2.08. The van der Waals surface area contributed by atoms with Crippen LogP contribution in [-0.4, -0.2) is 22.7 Å². The summed E-state index contributed by atoms with van der Waals surface area (Å²) in [5, 5.41) is 4.38. The quantitative estimate of drug-likeness (QED) is 0.238. The predicted molar refractivity (Wildman–Crippen MR) is 132 cm³/mol. The molecule has 162 valence electrons. The zero-order chi connectivity index (χ0) is 22.1. The molecular formula is C26H30N2O2S. The normalized spacial score (nSPS) is 12.2. The Kier molecular flexibility index (Phi) is 8.42. The molecule has 31 heavy (non-hydrogen) atoms. The first-order valence-corrected chi connectivity index (χ1v) is 11.4. The van der Waals surface area contributed by atoms with Crippen LogP contribution in [0.1, 0.15) is 55.8 Å². The van der Waals surface area contributed by atoms with E-state index in [0.717, 1.165) is 28.4 Å². The van der Waals surface area contributed by atoms with Crippen molar-refractivity contribution in [1.82, 2.24) is 5.06 Å². The largest absolute Gasteiger partial charge is 0.366 e. The van der Waals surface area contributed by atoms with E-state index in [-0.39, 0.29) is 0 Å². The first kappa shape index (κ1) is 22.8. The molecule has 0 radical (unpaired) electrons. The van der Waals surface area contributed by atoms with E-state index < -0.39 is 5.91 Å². The van der Waals surface area contributed by atoms with Crippen molar-refractivity contribution in [2.45, 2.75) is 45.4 Å². The van der Waals surface area contributed by atoms with Gasteiger partial charge in [-0.2, -0.15) is 5.06 Å². The summed E-state index contributed by atoms with van der Waals surface area (Å²) in [5.74, 6) is -0.394. The van der Waals surface area contributed by atoms with E-state index in [0.29, 0.717) is 10.7 Å². The van der Waals surface area contributed by atoms with Crippen molar-refractivity contribution in [3.8, 4) is 11.1 Å². The van der Waals surface area contributed by atoms with Gasteiger partial charge in [0.2, 0.25) is 5.91 Å². The number of hydroxylamine groups is 2. The van der Waals surface area contributed by atoms with E-state index >= 15 is 0 Å². The number of fused-ring (bicyclic) bond motifs is 1. The van der Waals surface area contributed by atoms with Crippen molar-refractivity contribution >= 4 is 34.1 Å². The fourth-order valence-electron chi connectivity index (χ4n) is 3.56. The molecule has 3 aromatic rings.